The first kappa shape index (κ1) is 33.1. The number of hydrogen-bond acceptors (Lipinski definition) is 1. The van der Waals surface area contributed by atoms with Crippen molar-refractivity contribution in [1.82, 2.24) is 5.32 Å². The van der Waals surface area contributed by atoms with Gasteiger partial charge in [0.05, 0.1) is 0 Å². The molecule has 1 N–H and O–H groups in total. The fourth-order valence-corrected chi connectivity index (χ4v) is 6.48. The Morgan fingerprint density at radius 1 is 0.390 bits per heavy atom. The van der Waals surface area contributed by atoms with Gasteiger partial charge in [-0.05, 0) is 42.6 Å². The standard InChI is InChI=1S/C40H59N/c1-2-3-4-5-6-7-8-9-10-11-12-13-14-15-16-17-27-35-41-36-34-40(37-28-21-18-22-29-37,38-30-23-19-24-31-38)39-32-25-20-26-33-39/h18-26,28-33,41H,2-17,27,34-36H2,1H3. The average molecular weight is 554 g/mol. The van der Waals surface area contributed by atoms with Gasteiger partial charge in [0.2, 0.25) is 0 Å². The molecule has 0 radical (unpaired) electrons. The van der Waals surface area contributed by atoms with Crippen molar-refractivity contribution in [2.24, 2.45) is 0 Å². The molecule has 1 nitrogen and oxygen atoms in total. The van der Waals surface area contributed by atoms with Crippen molar-refractivity contribution >= 4 is 0 Å². The Morgan fingerprint density at radius 3 is 1.05 bits per heavy atom. The Labute approximate surface area is 253 Å². The summed E-state index contributed by atoms with van der Waals surface area (Å²) in [6.45, 7) is 4.43. The van der Waals surface area contributed by atoms with Gasteiger partial charge < -0.3 is 5.32 Å². The molecule has 0 aliphatic carbocycles. The first-order chi connectivity index (χ1) is 20.4. The fraction of sp³-hybridized carbons (Fsp3) is 0.550. The van der Waals surface area contributed by atoms with E-state index in [-0.39, 0.29) is 5.41 Å². The topological polar surface area (TPSA) is 12.0 Å². The summed E-state index contributed by atoms with van der Waals surface area (Å²) in [6.07, 6.45) is 25.3. The van der Waals surface area contributed by atoms with Crippen molar-refractivity contribution in [1.29, 1.82) is 0 Å². The van der Waals surface area contributed by atoms with Crippen LogP contribution in [0.3, 0.4) is 0 Å². The Balaban J connectivity index is 1.29. The second-order valence-corrected chi connectivity index (χ2v) is 12.2. The van der Waals surface area contributed by atoms with E-state index in [0.717, 1.165) is 19.5 Å². The Kier molecular flexibility index (Phi) is 17.2. The monoisotopic (exact) mass is 553 g/mol. The molecule has 0 heterocycles. The number of unbranched alkanes of at least 4 members (excludes halogenated alkanes) is 16. The minimum absolute atomic E-state index is 0.148. The van der Waals surface area contributed by atoms with Crippen LogP contribution >= 0.6 is 0 Å². The number of benzene rings is 3. The summed E-state index contributed by atoms with van der Waals surface area (Å²) >= 11 is 0. The van der Waals surface area contributed by atoms with Gasteiger partial charge in [-0.15, -0.1) is 0 Å². The highest BCUT2D eigenvalue weighted by Gasteiger charge is 2.35. The lowest BCUT2D eigenvalue weighted by molar-refractivity contribution is 0.500. The third-order valence-corrected chi connectivity index (χ3v) is 8.93. The third kappa shape index (κ3) is 12.2. The zero-order valence-electron chi connectivity index (χ0n) is 26.3. The second kappa shape index (κ2) is 21.3. The van der Waals surface area contributed by atoms with E-state index in [1.54, 1.807) is 0 Å². The number of rotatable bonds is 24. The van der Waals surface area contributed by atoms with Crippen LogP contribution in [0.1, 0.15) is 139 Å². The van der Waals surface area contributed by atoms with Crippen molar-refractivity contribution in [3.8, 4) is 0 Å². The summed E-state index contributed by atoms with van der Waals surface area (Å²) in [4.78, 5) is 0. The molecule has 1 heteroatoms. The minimum atomic E-state index is -0.148. The predicted molar refractivity (Wildman–Crippen MR) is 181 cm³/mol. The second-order valence-electron chi connectivity index (χ2n) is 12.2. The summed E-state index contributed by atoms with van der Waals surface area (Å²) in [5, 5.41) is 3.80. The van der Waals surface area contributed by atoms with Gasteiger partial charge in [-0.25, -0.2) is 0 Å². The summed E-state index contributed by atoms with van der Waals surface area (Å²) in [5.74, 6) is 0. The van der Waals surface area contributed by atoms with E-state index in [9.17, 15) is 0 Å². The lowest BCUT2D eigenvalue weighted by Gasteiger charge is -2.36. The van der Waals surface area contributed by atoms with E-state index in [1.807, 2.05) is 0 Å². The molecule has 0 unspecified atom stereocenters. The molecule has 0 fully saturated rings. The highest BCUT2D eigenvalue weighted by molar-refractivity contribution is 5.50. The molecule has 3 aromatic rings. The van der Waals surface area contributed by atoms with Crippen LogP contribution in [0, 0.1) is 0 Å². The maximum absolute atomic E-state index is 3.80. The van der Waals surface area contributed by atoms with Gasteiger partial charge in [-0.1, -0.05) is 201 Å². The molecule has 0 aliphatic rings. The fourth-order valence-electron chi connectivity index (χ4n) is 6.48. The van der Waals surface area contributed by atoms with Gasteiger partial charge >= 0.3 is 0 Å². The lowest BCUT2D eigenvalue weighted by Crippen LogP contribution is -2.34. The van der Waals surface area contributed by atoms with E-state index >= 15 is 0 Å². The molecule has 0 spiro atoms. The minimum Gasteiger partial charge on any atom is -0.317 e. The van der Waals surface area contributed by atoms with Gasteiger partial charge in [-0.3, -0.25) is 0 Å². The predicted octanol–water partition coefficient (Wildman–Crippen LogP) is 11.7. The average Bonchev–Trinajstić information content (AvgIpc) is 3.03. The van der Waals surface area contributed by atoms with Crippen LogP contribution in [-0.2, 0) is 5.41 Å². The van der Waals surface area contributed by atoms with Crippen LogP contribution in [0.2, 0.25) is 0 Å². The number of nitrogens with one attached hydrogen (secondary N) is 1. The summed E-state index contributed by atoms with van der Waals surface area (Å²) in [7, 11) is 0. The molecule has 0 bridgehead atoms. The van der Waals surface area contributed by atoms with Gasteiger partial charge in [0.15, 0.2) is 0 Å². The zero-order valence-corrected chi connectivity index (χ0v) is 26.3. The van der Waals surface area contributed by atoms with Crippen molar-refractivity contribution < 1.29 is 0 Å². The molecule has 0 aliphatic heterocycles. The van der Waals surface area contributed by atoms with Gasteiger partial charge in [0.25, 0.3) is 0 Å². The van der Waals surface area contributed by atoms with E-state index in [0.29, 0.717) is 0 Å². The highest BCUT2D eigenvalue weighted by atomic mass is 14.8. The van der Waals surface area contributed by atoms with Crippen LogP contribution in [-0.4, -0.2) is 13.1 Å². The van der Waals surface area contributed by atoms with Crippen molar-refractivity contribution in [3.05, 3.63) is 108 Å². The normalized spacial score (nSPS) is 11.6. The quantitative estimate of drug-likeness (QED) is 0.0859. The SMILES string of the molecule is CCCCCCCCCCCCCCCCCCCNCCC(c1ccccc1)(c1ccccc1)c1ccccc1. The van der Waals surface area contributed by atoms with Gasteiger partial charge in [0, 0.05) is 5.41 Å². The molecular formula is C40H59N. The molecular weight excluding hydrogens is 494 g/mol. The first-order valence-corrected chi connectivity index (χ1v) is 17.2. The molecule has 0 aromatic heterocycles. The first-order valence-electron chi connectivity index (χ1n) is 17.2. The van der Waals surface area contributed by atoms with E-state index in [1.165, 1.54) is 126 Å². The van der Waals surface area contributed by atoms with Crippen LogP contribution in [0.25, 0.3) is 0 Å². The van der Waals surface area contributed by atoms with Crippen LogP contribution in [0.5, 0.6) is 0 Å². The highest BCUT2D eigenvalue weighted by Crippen LogP contribution is 2.41. The molecule has 41 heavy (non-hydrogen) atoms. The Bertz CT molecular complexity index is 884. The molecule has 0 amide bonds. The molecule has 0 atom stereocenters. The molecule has 0 saturated carbocycles. The van der Waals surface area contributed by atoms with E-state index in [4.69, 9.17) is 0 Å². The van der Waals surface area contributed by atoms with E-state index in [2.05, 4.69) is 103 Å². The smallest absolute Gasteiger partial charge is 0.0463 e. The summed E-state index contributed by atoms with van der Waals surface area (Å²) in [5.41, 5.74) is 3.97. The summed E-state index contributed by atoms with van der Waals surface area (Å²) < 4.78 is 0. The molecule has 3 aromatic carbocycles. The number of hydrogen-bond donors (Lipinski definition) is 1. The molecule has 0 saturated heterocycles. The Hall–Kier alpha value is -2.38. The van der Waals surface area contributed by atoms with Crippen molar-refractivity contribution in [2.45, 2.75) is 128 Å². The summed E-state index contributed by atoms with van der Waals surface area (Å²) in [6, 6.07) is 33.3. The third-order valence-electron chi connectivity index (χ3n) is 8.93. The van der Waals surface area contributed by atoms with Gasteiger partial charge in [0.1, 0.15) is 0 Å². The largest absolute Gasteiger partial charge is 0.317 e. The molecule has 224 valence electrons. The van der Waals surface area contributed by atoms with E-state index < -0.39 is 0 Å². The van der Waals surface area contributed by atoms with Crippen LogP contribution in [0.15, 0.2) is 91.0 Å². The zero-order chi connectivity index (χ0) is 28.7. The lowest BCUT2D eigenvalue weighted by atomic mass is 9.67. The maximum Gasteiger partial charge on any atom is 0.0463 e. The Morgan fingerprint density at radius 2 is 0.707 bits per heavy atom. The van der Waals surface area contributed by atoms with Crippen molar-refractivity contribution in [2.75, 3.05) is 13.1 Å². The van der Waals surface area contributed by atoms with Crippen LogP contribution < -0.4 is 5.32 Å². The van der Waals surface area contributed by atoms with Crippen LogP contribution in [0.4, 0.5) is 0 Å². The van der Waals surface area contributed by atoms with Gasteiger partial charge in [-0.2, -0.15) is 0 Å². The molecule has 3 rings (SSSR count). The van der Waals surface area contributed by atoms with Crippen molar-refractivity contribution in [3.63, 3.8) is 0 Å². The maximum atomic E-state index is 3.80.